The van der Waals surface area contributed by atoms with Gasteiger partial charge in [0.1, 0.15) is 6.33 Å². The zero-order chi connectivity index (χ0) is 19.1. The van der Waals surface area contributed by atoms with Crippen molar-refractivity contribution < 1.29 is 13.2 Å². The summed E-state index contributed by atoms with van der Waals surface area (Å²) in [6, 6.07) is 6.40. The summed E-state index contributed by atoms with van der Waals surface area (Å²) in [5.74, 6) is 0.197. The van der Waals surface area contributed by atoms with Crippen molar-refractivity contribution in [3.8, 4) is 0 Å². The molecule has 2 aliphatic rings. The first-order valence-corrected chi connectivity index (χ1v) is 11.0. The molecular weight excluding hydrogens is 388 g/mol. The number of carbonyl (C=O) groups is 1. The molecule has 0 atom stereocenters. The molecule has 27 heavy (non-hydrogen) atoms. The van der Waals surface area contributed by atoms with E-state index < -0.39 is 20.5 Å². The maximum absolute atomic E-state index is 13.3. The summed E-state index contributed by atoms with van der Waals surface area (Å²) in [6.07, 6.45) is 5.87. The van der Waals surface area contributed by atoms with E-state index in [1.54, 1.807) is 6.33 Å². The van der Waals surface area contributed by atoms with Crippen LogP contribution in [0.25, 0.3) is 0 Å². The molecule has 0 aliphatic heterocycles. The molecule has 0 saturated heterocycles. The fourth-order valence-corrected chi connectivity index (χ4v) is 5.99. The molecule has 1 aromatic carbocycles. The number of halogens is 1. The summed E-state index contributed by atoms with van der Waals surface area (Å²) in [5, 5.41) is 11.2. The third-order valence-electron chi connectivity index (χ3n) is 5.46. The highest BCUT2D eigenvalue weighted by molar-refractivity contribution is 7.93. The molecule has 0 spiro atoms. The number of sulfone groups is 1. The molecular formula is C18H21ClN4O3S. The molecule has 0 bridgehead atoms. The number of aromatic nitrogens is 3. The fourth-order valence-electron chi connectivity index (χ4n) is 3.77. The van der Waals surface area contributed by atoms with Crippen LogP contribution in [-0.4, -0.2) is 33.8 Å². The Morgan fingerprint density at radius 3 is 2.52 bits per heavy atom. The van der Waals surface area contributed by atoms with Crippen molar-refractivity contribution in [2.24, 2.45) is 0 Å². The third kappa shape index (κ3) is 3.25. The Morgan fingerprint density at radius 2 is 1.89 bits per heavy atom. The topological polar surface area (TPSA) is 93.9 Å². The van der Waals surface area contributed by atoms with Crippen molar-refractivity contribution in [3.05, 3.63) is 41.4 Å². The Balaban J connectivity index is 1.58. The van der Waals surface area contributed by atoms with E-state index in [0.29, 0.717) is 42.6 Å². The largest absolute Gasteiger partial charge is 0.347 e. The van der Waals surface area contributed by atoms with Gasteiger partial charge in [0.05, 0.1) is 11.4 Å². The Morgan fingerprint density at radius 1 is 1.22 bits per heavy atom. The number of benzene rings is 1. The van der Waals surface area contributed by atoms with E-state index in [9.17, 15) is 13.2 Å². The highest BCUT2D eigenvalue weighted by Crippen LogP contribution is 2.41. The van der Waals surface area contributed by atoms with Gasteiger partial charge in [0.2, 0.25) is 5.91 Å². The van der Waals surface area contributed by atoms with Gasteiger partial charge in [-0.1, -0.05) is 24.4 Å². The first-order chi connectivity index (χ1) is 12.9. The molecule has 1 heterocycles. The number of hydrogen-bond donors (Lipinski definition) is 1. The molecule has 144 valence electrons. The van der Waals surface area contributed by atoms with Gasteiger partial charge in [0, 0.05) is 11.1 Å². The Bertz CT molecular complexity index is 945. The van der Waals surface area contributed by atoms with Crippen molar-refractivity contribution in [2.45, 2.75) is 60.8 Å². The summed E-state index contributed by atoms with van der Waals surface area (Å²) in [5.41, 5.74) is 0. The summed E-state index contributed by atoms with van der Waals surface area (Å²) in [4.78, 5) is 13.2. The van der Waals surface area contributed by atoms with E-state index in [4.69, 9.17) is 11.6 Å². The normalized spacial score (nSPS) is 19.1. The van der Waals surface area contributed by atoms with Crippen molar-refractivity contribution >= 4 is 27.3 Å². The maximum atomic E-state index is 13.3. The zero-order valence-corrected chi connectivity index (χ0v) is 16.3. The lowest BCUT2D eigenvalue weighted by molar-refractivity contribution is -0.123. The van der Waals surface area contributed by atoms with Crippen LogP contribution in [0.4, 0.5) is 0 Å². The van der Waals surface area contributed by atoms with Crippen LogP contribution in [0.3, 0.4) is 0 Å². The number of nitrogens with zero attached hydrogens (tertiary/aromatic N) is 3. The van der Waals surface area contributed by atoms with Crippen molar-refractivity contribution in [3.63, 3.8) is 0 Å². The highest BCUT2D eigenvalue weighted by atomic mass is 35.5. The van der Waals surface area contributed by atoms with Gasteiger partial charge in [0.15, 0.2) is 20.4 Å². The van der Waals surface area contributed by atoms with Crippen LogP contribution < -0.4 is 5.32 Å². The molecule has 2 fully saturated rings. The summed E-state index contributed by atoms with van der Waals surface area (Å²) in [6.45, 7) is 0.174. The van der Waals surface area contributed by atoms with E-state index in [1.165, 1.54) is 24.3 Å². The summed E-state index contributed by atoms with van der Waals surface area (Å²) in [7, 11) is -3.83. The predicted octanol–water partition coefficient (Wildman–Crippen LogP) is 2.67. The summed E-state index contributed by atoms with van der Waals surface area (Å²) >= 11 is 5.88. The monoisotopic (exact) mass is 408 g/mol. The Kier molecular flexibility index (Phi) is 4.71. The van der Waals surface area contributed by atoms with Gasteiger partial charge in [-0.05, 0) is 49.9 Å². The minimum atomic E-state index is -3.83. The van der Waals surface area contributed by atoms with E-state index in [2.05, 4.69) is 15.5 Å². The molecule has 4 rings (SSSR count). The van der Waals surface area contributed by atoms with Crippen LogP contribution in [0.1, 0.15) is 50.4 Å². The van der Waals surface area contributed by atoms with Gasteiger partial charge in [0.25, 0.3) is 0 Å². The Labute approximate surface area is 163 Å². The molecule has 2 aromatic rings. The Hall–Kier alpha value is -1.93. The van der Waals surface area contributed by atoms with Crippen LogP contribution in [0, 0.1) is 0 Å². The maximum Gasteiger partial charge on any atom is 0.242 e. The lowest BCUT2D eigenvalue weighted by atomic mass is 10.1. The second-order valence-corrected chi connectivity index (χ2v) is 9.92. The molecule has 9 heteroatoms. The zero-order valence-electron chi connectivity index (χ0n) is 14.8. The lowest BCUT2D eigenvalue weighted by Gasteiger charge is -2.27. The quantitative estimate of drug-likeness (QED) is 0.792. The minimum absolute atomic E-state index is 0.130. The standard InChI is InChI=1S/C18H21ClN4O3S/c19-13-3-7-15(8-4-13)27(25,26)18(9-1-2-10-18)17(24)20-11-16-22-21-12-23(16)14-5-6-14/h3-4,7-8,12,14H,1-2,5-6,9-11H2,(H,20,24). The number of hydrogen-bond acceptors (Lipinski definition) is 5. The molecule has 1 N–H and O–H groups in total. The molecule has 2 aliphatic carbocycles. The van der Waals surface area contributed by atoms with Crippen LogP contribution >= 0.6 is 11.6 Å². The van der Waals surface area contributed by atoms with E-state index in [0.717, 1.165) is 12.8 Å². The molecule has 0 unspecified atom stereocenters. The molecule has 0 radical (unpaired) electrons. The molecule has 2 saturated carbocycles. The number of amides is 1. The number of carbonyl (C=O) groups excluding carboxylic acids is 1. The van der Waals surface area contributed by atoms with E-state index >= 15 is 0 Å². The molecule has 1 aromatic heterocycles. The second kappa shape index (κ2) is 6.91. The third-order valence-corrected chi connectivity index (χ3v) is 8.23. The lowest BCUT2D eigenvalue weighted by Crippen LogP contribution is -2.50. The number of rotatable bonds is 6. The van der Waals surface area contributed by atoms with Crippen molar-refractivity contribution in [2.75, 3.05) is 0 Å². The van der Waals surface area contributed by atoms with Crippen LogP contribution in [-0.2, 0) is 21.2 Å². The highest BCUT2D eigenvalue weighted by Gasteiger charge is 2.52. The van der Waals surface area contributed by atoms with Crippen molar-refractivity contribution in [1.29, 1.82) is 0 Å². The molecule has 1 amide bonds. The van der Waals surface area contributed by atoms with Gasteiger partial charge in [-0.2, -0.15) is 0 Å². The van der Waals surface area contributed by atoms with E-state index in [-0.39, 0.29) is 11.4 Å². The first-order valence-electron chi connectivity index (χ1n) is 9.11. The van der Waals surface area contributed by atoms with Crippen LogP contribution in [0.15, 0.2) is 35.5 Å². The van der Waals surface area contributed by atoms with Gasteiger partial charge in [-0.25, -0.2) is 8.42 Å². The van der Waals surface area contributed by atoms with Crippen molar-refractivity contribution in [1.82, 2.24) is 20.1 Å². The number of nitrogens with one attached hydrogen (secondary N) is 1. The summed E-state index contributed by atoms with van der Waals surface area (Å²) < 4.78 is 27.2. The van der Waals surface area contributed by atoms with Crippen LogP contribution in [0.5, 0.6) is 0 Å². The average molecular weight is 409 g/mol. The SMILES string of the molecule is O=C(NCc1nncn1C1CC1)C1(S(=O)(=O)c2ccc(Cl)cc2)CCCC1. The second-order valence-electron chi connectivity index (χ2n) is 7.23. The van der Waals surface area contributed by atoms with E-state index in [1.807, 2.05) is 4.57 Å². The van der Waals surface area contributed by atoms with Gasteiger partial charge in [-0.3, -0.25) is 4.79 Å². The first kappa shape index (κ1) is 18.4. The predicted molar refractivity (Wildman–Crippen MR) is 100.0 cm³/mol. The molecule has 7 nitrogen and oxygen atoms in total. The van der Waals surface area contributed by atoms with Crippen LogP contribution in [0.2, 0.25) is 5.02 Å². The minimum Gasteiger partial charge on any atom is -0.347 e. The van der Waals surface area contributed by atoms with Gasteiger partial charge < -0.3 is 9.88 Å². The fraction of sp³-hybridized carbons (Fsp3) is 0.500. The average Bonchev–Trinajstić information content (AvgIpc) is 3.18. The van der Waals surface area contributed by atoms with Gasteiger partial charge >= 0.3 is 0 Å². The van der Waals surface area contributed by atoms with Gasteiger partial charge in [-0.15, -0.1) is 10.2 Å². The smallest absolute Gasteiger partial charge is 0.242 e.